The van der Waals surface area contributed by atoms with Crippen LogP contribution < -0.4 is 14.2 Å². The van der Waals surface area contributed by atoms with Crippen LogP contribution >= 0.6 is 0 Å². The summed E-state index contributed by atoms with van der Waals surface area (Å²) >= 11 is -2.21. The van der Waals surface area contributed by atoms with Crippen molar-refractivity contribution >= 4 is 38.4 Å². The van der Waals surface area contributed by atoms with Gasteiger partial charge in [0.05, 0.1) is 4.92 Å². The molecule has 3 aromatic carbocycles. The van der Waals surface area contributed by atoms with Gasteiger partial charge in [0, 0.05) is 35.6 Å². The van der Waals surface area contributed by atoms with Crippen molar-refractivity contribution in [3.05, 3.63) is 88.5 Å². The van der Waals surface area contributed by atoms with Gasteiger partial charge in [0.25, 0.3) is 17.0 Å². The van der Waals surface area contributed by atoms with E-state index in [2.05, 4.69) is 10.0 Å². The number of nitro benzene ring substituents is 1. The van der Waals surface area contributed by atoms with Crippen molar-refractivity contribution in [2.24, 2.45) is 0 Å². The van der Waals surface area contributed by atoms with Crippen molar-refractivity contribution < 1.29 is 26.3 Å². The summed E-state index contributed by atoms with van der Waals surface area (Å²) in [5.41, 5.74) is 0.846. The lowest BCUT2D eigenvalue weighted by atomic mass is 10.2. The number of para-hydroxylation sites is 1. The van der Waals surface area contributed by atoms with E-state index in [0.717, 1.165) is 12.1 Å². The van der Waals surface area contributed by atoms with Crippen molar-refractivity contribution in [2.45, 2.75) is 11.4 Å². The second-order valence-electron chi connectivity index (χ2n) is 6.18. The topological polar surface area (TPSA) is 148 Å². The van der Waals surface area contributed by atoms with E-state index in [1.165, 1.54) is 18.2 Å². The second-order valence-corrected chi connectivity index (χ2v) is 8.40. The standard InChI is InChI=1S/C19H17N3O7S2/c23-22(24)17-10-11-19(31(27,28)29-18-4-2-1-3-5-18)14(12-17)13-20-15-6-8-16(9-7-15)21-30(25)26/h1-12,20-21H,13H2,(H,25,26). The predicted octanol–water partition coefficient (Wildman–Crippen LogP) is 3.52. The molecule has 3 N–H and O–H groups in total. The summed E-state index contributed by atoms with van der Waals surface area (Å²) in [6.07, 6.45) is 0. The molecule has 1 atom stereocenters. The molecule has 0 saturated heterocycles. The summed E-state index contributed by atoms with van der Waals surface area (Å²) in [6, 6.07) is 17.6. The fourth-order valence-electron chi connectivity index (χ4n) is 2.66. The van der Waals surface area contributed by atoms with Crippen LogP contribution in [0.3, 0.4) is 0 Å². The molecule has 0 spiro atoms. The van der Waals surface area contributed by atoms with E-state index in [9.17, 15) is 22.7 Å². The normalized spacial score (nSPS) is 12.0. The van der Waals surface area contributed by atoms with Gasteiger partial charge >= 0.3 is 10.1 Å². The van der Waals surface area contributed by atoms with Crippen LogP contribution in [0, 0.1) is 10.1 Å². The summed E-state index contributed by atoms with van der Waals surface area (Å²) < 4.78 is 52.6. The van der Waals surface area contributed by atoms with Crippen LogP contribution in [0.15, 0.2) is 77.7 Å². The first-order chi connectivity index (χ1) is 14.7. The van der Waals surface area contributed by atoms with Crippen molar-refractivity contribution in [1.29, 1.82) is 0 Å². The first kappa shape index (κ1) is 22.2. The van der Waals surface area contributed by atoms with Crippen molar-refractivity contribution in [3.63, 3.8) is 0 Å². The van der Waals surface area contributed by atoms with E-state index in [0.29, 0.717) is 11.4 Å². The number of benzene rings is 3. The minimum atomic E-state index is -4.25. The average Bonchev–Trinajstić information content (AvgIpc) is 2.73. The highest BCUT2D eigenvalue weighted by atomic mass is 32.2. The highest BCUT2D eigenvalue weighted by molar-refractivity contribution is 7.87. The highest BCUT2D eigenvalue weighted by Gasteiger charge is 2.23. The molecule has 0 aromatic heterocycles. The minimum Gasteiger partial charge on any atom is -0.381 e. The summed E-state index contributed by atoms with van der Waals surface area (Å²) in [6.45, 7) is -0.0485. The van der Waals surface area contributed by atoms with E-state index >= 15 is 0 Å². The molecule has 3 aromatic rings. The van der Waals surface area contributed by atoms with Gasteiger partial charge in [0.1, 0.15) is 10.6 Å². The number of hydrogen-bond acceptors (Lipinski definition) is 7. The molecule has 0 aliphatic rings. The molecule has 0 aliphatic carbocycles. The largest absolute Gasteiger partial charge is 0.381 e. The third-order valence-corrected chi connectivity index (χ3v) is 5.81. The molecule has 162 valence electrons. The quantitative estimate of drug-likeness (QED) is 0.189. The molecule has 10 nitrogen and oxygen atoms in total. The first-order valence-corrected chi connectivity index (χ1v) is 11.2. The van der Waals surface area contributed by atoms with Gasteiger partial charge in [0.15, 0.2) is 0 Å². The molecular weight excluding hydrogens is 446 g/mol. The molecule has 1 unspecified atom stereocenters. The monoisotopic (exact) mass is 463 g/mol. The van der Waals surface area contributed by atoms with Crippen molar-refractivity contribution in [2.75, 3.05) is 10.0 Å². The van der Waals surface area contributed by atoms with Crippen molar-refractivity contribution in [3.8, 4) is 5.75 Å². The fraction of sp³-hybridized carbons (Fsp3) is 0.0526. The summed E-state index contributed by atoms with van der Waals surface area (Å²) in [7, 11) is -4.25. The van der Waals surface area contributed by atoms with Gasteiger partial charge in [-0.25, -0.2) is 4.21 Å². The zero-order valence-electron chi connectivity index (χ0n) is 15.8. The highest BCUT2D eigenvalue weighted by Crippen LogP contribution is 2.26. The second kappa shape index (κ2) is 9.55. The molecular formula is C19H17N3O7S2. The van der Waals surface area contributed by atoms with Gasteiger partial charge in [0.2, 0.25) is 0 Å². The lowest BCUT2D eigenvalue weighted by Crippen LogP contribution is -2.14. The smallest absolute Gasteiger partial charge is 0.339 e. The maximum Gasteiger partial charge on any atom is 0.339 e. The minimum absolute atomic E-state index is 0.0485. The Balaban J connectivity index is 1.86. The van der Waals surface area contributed by atoms with E-state index in [1.807, 2.05) is 0 Å². The Labute approximate surface area is 180 Å². The van der Waals surface area contributed by atoms with Crippen LogP contribution in [-0.4, -0.2) is 22.1 Å². The van der Waals surface area contributed by atoms with Gasteiger partial charge in [-0.1, -0.05) is 18.2 Å². The summed E-state index contributed by atoms with van der Waals surface area (Å²) in [4.78, 5) is 10.3. The summed E-state index contributed by atoms with van der Waals surface area (Å²) in [5, 5.41) is 14.1. The van der Waals surface area contributed by atoms with Crippen molar-refractivity contribution in [1.82, 2.24) is 0 Å². The Kier molecular flexibility index (Phi) is 6.84. The zero-order chi connectivity index (χ0) is 22.4. The molecule has 0 bridgehead atoms. The van der Waals surface area contributed by atoms with Crippen LogP contribution in [-0.2, 0) is 27.9 Å². The van der Waals surface area contributed by atoms with Gasteiger partial charge in [-0.3, -0.25) is 19.4 Å². The third kappa shape index (κ3) is 6.01. The maximum absolute atomic E-state index is 12.8. The first-order valence-electron chi connectivity index (χ1n) is 8.73. The third-order valence-electron chi connectivity index (χ3n) is 4.05. The van der Waals surface area contributed by atoms with E-state index < -0.39 is 26.3 Å². The SMILES string of the molecule is O=[N+]([O-])c1ccc(S(=O)(=O)Oc2ccccc2)c(CNc2ccc(NS(=O)O)cc2)c1. The molecule has 0 aliphatic heterocycles. The molecule has 0 saturated carbocycles. The Morgan fingerprint density at radius 3 is 2.26 bits per heavy atom. The lowest BCUT2D eigenvalue weighted by molar-refractivity contribution is -0.385. The number of non-ortho nitro benzene ring substituents is 1. The Morgan fingerprint density at radius 1 is 1.00 bits per heavy atom. The maximum atomic E-state index is 12.8. The molecule has 3 rings (SSSR count). The zero-order valence-corrected chi connectivity index (χ0v) is 17.4. The van der Waals surface area contributed by atoms with Gasteiger partial charge in [-0.05, 0) is 42.5 Å². The molecule has 12 heteroatoms. The Hall–Kier alpha value is -3.48. The van der Waals surface area contributed by atoms with Crippen LogP contribution in [0.25, 0.3) is 0 Å². The summed E-state index contributed by atoms with van der Waals surface area (Å²) in [5.74, 6) is 0.115. The number of nitro groups is 1. The molecule has 0 fully saturated rings. The van der Waals surface area contributed by atoms with E-state index in [4.69, 9.17) is 8.74 Å². The predicted molar refractivity (Wildman–Crippen MR) is 116 cm³/mol. The molecule has 0 amide bonds. The number of nitrogens with one attached hydrogen (secondary N) is 2. The number of nitrogens with zero attached hydrogens (tertiary/aromatic N) is 1. The van der Waals surface area contributed by atoms with E-state index in [-0.39, 0.29) is 28.4 Å². The van der Waals surface area contributed by atoms with Gasteiger partial charge in [-0.15, -0.1) is 0 Å². The fourth-order valence-corrected chi connectivity index (χ4v) is 4.14. The van der Waals surface area contributed by atoms with Crippen LogP contribution in [0.1, 0.15) is 5.56 Å². The Morgan fingerprint density at radius 2 is 1.65 bits per heavy atom. The molecule has 0 radical (unpaired) electrons. The van der Waals surface area contributed by atoms with Gasteiger partial charge < -0.3 is 9.50 Å². The van der Waals surface area contributed by atoms with E-state index in [1.54, 1.807) is 42.5 Å². The average molecular weight is 463 g/mol. The van der Waals surface area contributed by atoms with Crippen LogP contribution in [0.4, 0.5) is 17.1 Å². The van der Waals surface area contributed by atoms with Crippen LogP contribution in [0.5, 0.6) is 5.75 Å². The van der Waals surface area contributed by atoms with Crippen LogP contribution in [0.2, 0.25) is 0 Å². The molecule has 31 heavy (non-hydrogen) atoms. The lowest BCUT2D eigenvalue weighted by Gasteiger charge is -2.13. The number of anilines is 2. The molecule has 0 heterocycles. The Bertz CT molecular complexity index is 1200. The number of hydrogen-bond donors (Lipinski definition) is 3. The van der Waals surface area contributed by atoms with Gasteiger partial charge in [-0.2, -0.15) is 8.42 Å². The number of rotatable bonds is 9.